The predicted octanol–water partition coefficient (Wildman–Crippen LogP) is 3.56. The Hall–Kier alpha value is -4.33. The van der Waals surface area contributed by atoms with Gasteiger partial charge in [0.15, 0.2) is 5.75 Å². The third-order valence-corrected chi connectivity index (χ3v) is 5.68. The van der Waals surface area contributed by atoms with Gasteiger partial charge < -0.3 is 15.3 Å². The molecule has 2 N–H and O–H groups in total. The zero-order valence-electron chi connectivity index (χ0n) is 17.5. The number of aromatic nitrogens is 2. The number of hydrogen-bond acceptors (Lipinski definition) is 5. The van der Waals surface area contributed by atoms with E-state index < -0.39 is 5.91 Å². The number of rotatable bonds is 5. The first-order valence-electron chi connectivity index (χ1n) is 10.4. The first-order chi connectivity index (χ1) is 16.0. The largest absolute Gasteiger partial charge is 0.505 e. The maximum absolute atomic E-state index is 13.3. The van der Waals surface area contributed by atoms with Crippen LogP contribution in [-0.4, -0.2) is 31.8 Å². The maximum Gasteiger partial charge on any atom is 0.258 e. The number of carbonyl (C=O) groups excluding carboxylic acids is 2. The highest BCUT2D eigenvalue weighted by Crippen LogP contribution is 2.39. The molecule has 7 nitrogen and oxygen atoms in total. The van der Waals surface area contributed by atoms with E-state index in [9.17, 15) is 19.1 Å². The fourth-order valence-electron chi connectivity index (χ4n) is 4.12. The fourth-order valence-corrected chi connectivity index (χ4v) is 4.12. The van der Waals surface area contributed by atoms with Gasteiger partial charge in [0.1, 0.15) is 11.3 Å². The molecule has 0 bridgehead atoms. The number of aromatic hydroxyl groups is 1. The molecule has 33 heavy (non-hydrogen) atoms. The number of pyridine rings is 2. The normalized spacial score (nSPS) is 12.8. The third-order valence-electron chi connectivity index (χ3n) is 5.68. The Kier molecular flexibility index (Phi) is 5.18. The topological polar surface area (TPSA) is 95.4 Å². The average Bonchev–Trinajstić information content (AvgIpc) is 3.15. The van der Waals surface area contributed by atoms with Gasteiger partial charge in [-0.05, 0) is 35.4 Å². The molecule has 164 valence electrons. The van der Waals surface area contributed by atoms with Crippen molar-refractivity contribution in [1.29, 1.82) is 0 Å². The quantitative estimate of drug-likeness (QED) is 0.493. The Morgan fingerprint density at radius 3 is 2.64 bits per heavy atom. The summed E-state index contributed by atoms with van der Waals surface area (Å²) in [7, 11) is 0. The number of carbonyl (C=O) groups is 2. The zero-order valence-corrected chi connectivity index (χ0v) is 17.5. The highest BCUT2D eigenvalue weighted by atomic mass is 19.1. The van der Waals surface area contributed by atoms with Gasteiger partial charge >= 0.3 is 0 Å². The van der Waals surface area contributed by atoms with Crippen LogP contribution in [-0.2, 0) is 19.6 Å². The van der Waals surface area contributed by atoms with E-state index in [2.05, 4.69) is 15.3 Å². The number of phenolic OH excluding ortho intramolecular Hbond substituents is 1. The van der Waals surface area contributed by atoms with Gasteiger partial charge in [-0.1, -0.05) is 24.3 Å². The molecule has 0 saturated heterocycles. The molecule has 5 rings (SSSR count). The van der Waals surface area contributed by atoms with Crippen LogP contribution in [0.2, 0.25) is 0 Å². The van der Waals surface area contributed by atoms with E-state index in [1.165, 1.54) is 23.2 Å². The molecule has 0 saturated carbocycles. The smallest absolute Gasteiger partial charge is 0.258 e. The Balaban J connectivity index is 1.54. The second-order valence-electron chi connectivity index (χ2n) is 7.81. The van der Waals surface area contributed by atoms with Gasteiger partial charge in [0.2, 0.25) is 0 Å². The molecule has 0 fully saturated rings. The van der Waals surface area contributed by atoms with Crippen molar-refractivity contribution in [2.75, 3.05) is 0 Å². The lowest BCUT2D eigenvalue weighted by Crippen LogP contribution is -2.25. The van der Waals surface area contributed by atoms with Gasteiger partial charge in [-0.2, -0.15) is 0 Å². The van der Waals surface area contributed by atoms with Crippen LogP contribution in [0.3, 0.4) is 0 Å². The number of phenols is 1. The third kappa shape index (κ3) is 3.76. The highest BCUT2D eigenvalue weighted by molar-refractivity contribution is 6.15. The standard InChI is InChI=1S/C25H19FN4O3/c26-17-7-5-15(6-8-17)13-30-14-19-20(24(32)29-12-16-3-1-9-27-11-16)18-4-2-10-28-22(18)23(31)21(19)25(30)33/h1-11,31H,12-14H2,(H,29,32). The van der Waals surface area contributed by atoms with Gasteiger partial charge in [0.05, 0.1) is 11.1 Å². The van der Waals surface area contributed by atoms with Gasteiger partial charge in [0.25, 0.3) is 11.8 Å². The summed E-state index contributed by atoms with van der Waals surface area (Å²) in [5.41, 5.74) is 2.60. The number of hydrogen-bond donors (Lipinski definition) is 2. The minimum Gasteiger partial charge on any atom is -0.505 e. The number of nitrogens with one attached hydrogen (secondary N) is 1. The van der Waals surface area contributed by atoms with Gasteiger partial charge in [-0.15, -0.1) is 0 Å². The highest BCUT2D eigenvalue weighted by Gasteiger charge is 2.36. The van der Waals surface area contributed by atoms with E-state index in [0.29, 0.717) is 16.5 Å². The molecule has 0 aliphatic carbocycles. The number of amides is 2. The van der Waals surface area contributed by atoms with Crippen LogP contribution in [0.25, 0.3) is 10.9 Å². The van der Waals surface area contributed by atoms with Crippen LogP contribution >= 0.6 is 0 Å². The molecule has 4 aromatic rings. The van der Waals surface area contributed by atoms with E-state index >= 15 is 0 Å². The molecule has 0 radical (unpaired) electrons. The van der Waals surface area contributed by atoms with Crippen LogP contribution in [0.4, 0.5) is 4.39 Å². The van der Waals surface area contributed by atoms with E-state index in [-0.39, 0.29) is 48.2 Å². The number of halogens is 1. The monoisotopic (exact) mass is 442 g/mol. The Labute approximate surface area is 188 Å². The molecule has 2 aromatic carbocycles. The summed E-state index contributed by atoms with van der Waals surface area (Å²) in [6.45, 7) is 0.616. The van der Waals surface area contributed by atoms with Crippen molar-refractivity contribution in [3.63, 3.8) is 0 Å². The van der Waals surface area contributed by atoms with Crippen molar-refractivity contribution in [3.8, 4) is 5.75 Å². The van der Waals surface area contributed by atoms with Gasteiger partial charge in [-0.3, -0.25) is 19.6 Å². The first kappa shape index (κ1) is 20.6. The molecule has 3 heterocycles. The molecule has 0 unspecified atom stereocenters. The van der Waals surface area contributed by atoms with E-state index in [1.54, 1.807) is 42.7 Å². The van der Waals surface area contributed by atoms with Crippen molar-refractivity contribution >= 4 is 22.7 Å². The molecule has 8 heteroatoms. The second-order valence-corrected chi connectivity index (χ2v) is 7.81. The van der Waals surface area contributed by atoms with Crippen molar-refractivity contribution in [1.82, 2.24) is 20.2 Å². The lowest BCUT2D eigenvalue weighted by Gasteiger charge is -2.16. The van der Waals surface area contributed by atoms with Gasteiger partial charge in [-0.25, -0.2) is 4.39 Å². The molecular weight excluding hydrogens is 423 g/mol. The van der Waals surface area contributed by atoms with E-state index in [1.807, 2.05) is 6.07 Å². The minimum atomic E-state index is -0.402. The Morgan fingerprint density at radius 2 is 1.88 bits per heavy atom. The fraction of sp³-hybridized carbons (Fsp3) is 0.120. The SMILES string of the molecule is O=C(NCc1cccnc1)c1c2c(c(O)c3ncccc13)C(=O)N(Cc1ccc(F)cc1)C2. The summed E-state index contributed by atoms with van der Waals surface area (Å²) in [6.07, 6.45) is 4.81. The second kappa shape index (κ2) is 8.31. The van der Waals surface area contributed by atoms with Gasteiger partial charge in [0, 0.05) is 49.2 Å². The Morgan fingerprint density at radius 1 is 1.09 bits per heavy atom. The van der Waals surface area contributed by atoms with Crippen molar-refractivity contribution < 1.29 is 19.1 Å². The van der Waals surface area contributed by atoms with Crippen molar-refractivity contribution in [3.05, 3.63) is 101 Å². The summed E-state index contributed by atoms with van der Waals surface area (Å²) in [5, 5.41) is 14.2. The minimum absolute atomic E-state index is 0.0786. The number of nitrogens with zero attached hydrogens (tertiary/aromatic N) is 3. The summed E-state index contributed by atoms with van der Waals surface area (Å²) in [4.78, 5) is 36.3. The van der Waals surface area contributed by atoms with E-state index in [0.717, 1.165) is 11.1 Å². The molecule has 0 spiro atoms. The summed E-state index contributed by atoms with van der Waals surface area (Å²) in [6, 6.07) is 12.9. The summed E-state index contributed by atoms with van der Waals surface area (Å²) in [5.74, 6) is -1.38. The molecule has 2 aromatic heterocycles. The summed E-state index contributed by atoms with van der Waals surface area (Å²) >= 11 is 0. The lowest BCUT2D eigenvalue weighted by molar-refractivity contribution is 0.0763. The van der Waals surface area contributed by atoms with Crippen molar-refractivity contribution in [2.45, 2.75) is 19.6 Å². The number of fused-ring (bicyclic) bond motifs is 2. The van der Waals surface area contributed by atoms with Crippen molar-refractivity contribution in [2.24, 2.45) is 0 Å². The van der Waals surface area contributed by atoms with Crippen LogP contribution in [0.15, 0.2) is 67.1 Å². The van der Waals surface area contributed by atoms with Crippen LogP contribution in [0.1, 0.15) is 37.4 Å². The van der Waals surface area contributed by atoms with Crippen LogP contribution in [0.5, 0.6) is 5.75 Å². The molecule has 1 aliphatic rings. The molecular formula is C25H19FN4O3. The molecule has 0 atom stereocenters. The maximum atomic E-state index is 13.3. The molecule has 1 aliphatic heterocycles. The van der Waals surface area contributed by atoms with Crippen LogP contribution in [0, 0.1) is 5.82 Å². The predicted molar refractivity (Wildman–Crippen MR) is 119 cm³/mol. The van der Waals surface area contributed by atoms with Crippen LogP contribution < -0.4 is 5.32 Å². The first-order valence-corrected chi connectivity index (χ1v) is 10.4. The number of benzene rings is 2. The van der Waals surface area contributed by atoms with E-state index in [4.69, 9.17) is 0 Å². The Bertz CT molecular complexity index is 1370. The lowest BCUT2D eigenvalue weighted by atomic mass is 9.96. The zero-order chi connectivity index (χ0) is 22.9. The molecule has 2 amide bonds. The summed E-state index contributed by atoms with van der Waals surface area (Å²) < 4.78 is 13.3. The average molecular weight is 442 g/mol.